The quantitative estimate of drug-likeness (QED) is 0.806. The minimum atomic E-state index is -3.88. The highest BCUT2D eigenvalue weighted by molar-refractivity contribution is 7.89. The van der Waals surface area contributed by atoms with E-state index in [9.17, 15) is 17.6 Å². The molecule has 1 unspecified atom stereocenters. The summed E-state index contributed by atoms with van der Waals surface area (Å²) in [6, 6.07) is 3.99. The van der Waals surface area contributed by atoms with Gasteiger partial charge < -0.3 is 5.32 Å². The van der Waals surface area contributed by atoms with E-state index in [2.05, 4.69) is 10.0 Å². The average molecular weight is 283 g/mol. The first kappa shape index (κ1) is 13.5. The SMILES string of the molecule is N#Cc1cc(S(=O)(=O)NC2CNC(=O)C2)ccc1F. The Hall–Kier alpha value is -1.98. The lowest BCUT2D eigenvalue weighted by molar-refractivity contribution is -0.119. The summed E-state index contributed by atoms with van der Waals surface area (Å²) in [7, 11) is -3.88. The van der Waals surface area contributed by atoms with Crippen LogP contribution >= 0.6 is 0 Å². The molecule has 0 radical (unpaired) electrons. The summed E-state index contributed by atoms with van der Waals surface area (Å²) < 4.78 is 39.4. The van der Waals surface area contributed by atoms with Crippen LogP contribution in [0.5, 0.6) is 0 Å². The van der Waals surface area contributed by atoms with Gasteiger partial charge in [-0.1, -0.05) is 0 Å². The van der Waals surface area contributed by atoms with Crippen LogP contribution in [0.4, 0.5) is 4.39 Å². The highest BCUT2D eigenvalue weighted by atomic mass is 32.2. The topological polar surface area (TPSA) is 99.1 Å². The molecule has 19 heavy (non-hydrogen) atoms. The minimum absolute atomic E-state index is 0.0610. The lowest BCUT2D eigenvalue weighted by atomic mass is 10.2. The van der Waals surface area contributed by atoms with Gasteiger partial charge in [0.25, 0.3) is 0 Å². The highest BCUT2D eigenvalue weighted by Crippen LogP contribution is 2.15. The van der Waals surface area contributed by atoms with Gasteiger partial charge in [0, 0.05) is 19.0 Å². The van der Waals surface area contributed by atoms with Crippen LogP contribution in [0.25, 0.3) is 0 Å². The van der Waals surface area contributed by atoms with Crippen molar-refractivity contribution in [2.24, 2.45) is 0 Å². The van der Waals surface area contributed by atoms with Gasteiger partial charge in [0.15, 0.2) is 0 Å². The number of nitrogens with zero attached hydrogens (tertiary/aromatic N) is 1. The molecule has 2 N–H and O–H groups in total. The van der Waals surface area contributed by atoms with Gasteiger partial charge >= 0.3 is 0 Å². The minimum Gasteiger partial charge on any atom is -0.354 e. The second-order valence-electron chi connectivity index (χ2n) is 4.08. The Labute approximate surface area is 109 Å². The summed E-state index contributed by atoms with van der Waals surface area (Å²) >= 11 is 0. The molecule has 1 aliphatic heterocycles. The third kappa shape index (κ3) is 2.89. The molecule has 1 aliphatic rings. The predicted octanol–water partition coefficient (Wildman–Crippen LogP) is -0.136. The molecule has 1 saturated heterocycles. The molecule has 0 aromatic heterocycles. The van der Waals surface area contributed by atoms with Gasteiger partial charge in [0.1, 0.15) is 11.9 Å². The molecule has 1 atom stereocenters. The third-order valence-corrected chi connectivity index (χ3v) is 4.19. The number of hydrogen-bond acceptors (Lipinski definition) is 4. The van der Waals surface area contributed by atoms with Crippen molar-refractivity contribution in [3.05, 3.63) is 29.6 Å². The zero-order chi connectivity index (χ0) is 14.0. The van der Waals surface area contributed by atoms with E-state index in [1.54, 1.807) is 6.07 Å². The Morgan fingerprint density at radius 3 is 2.79 bits per heavy atom. The Bertz CT molecular complexity index is 666. The molecule has 1 fully saturated rings. The van der Waals surface area contributed by atoms with E-state index in [0.29, 0.717) is 0 Å². The molecule has 1 aromatic rings. The molecule has 1 heterocycles. The van der Waals surface area contributed by atoms with E-state index in [-0.39, 0.29) is 29.3 Å². The monoisotopic (exact) mass is 283 g/mol. The first-order valence-corrected chi connectivity index (χ1v) is 6.89. The molecule has 6 nitrogen and oxygen atoms in total. The summed E-state index contributed by atoms with van der Waals surface area (Å²) in [4.78, 5) is 10.8. The van der Waals surface area contributed by atoms with Crippen LogP contribution < -0.4 is 10.0 Å². The van der Waals surface area contributed by atoms with E-state index < -0.39 is 21.9 Å². The molecule has 100 valence electrons. The van der Waals surface area contributed by atoms with Crippen LogP contribution in [-0.4, -0.2) is 26.9 Å². The summed E-state index contributed by atoms with van der Waals surface area (Å²) in [6.45, 7) is 0.213. The number of sulfonamides is 1. The molecular weight excluding hydrogens is 273 g/mol. The molecule has 0 aliphatic carbocycles. The Morgan fingerprint density at radius 1 is 1.47 bits per heavy atom. The van der Waals surface area contributed by atoms with Gasteiger partial charge in [-0.2, -0.15) is 5.26 Å². The Balaban J connectivity index is 2.25. The Morgan fingerprint density at radius 2 is 2.21 bits per heavy atom. The number of rotatable bonds is 3. The van der Waals surface area contributed by atoms with Crippen molar-refractivity contribution in [1.29, 1.82) is 5.26 Å². The van der Waals surface area contributed by atoms with Gasteiger partial charge in [0.05, 0.1) is 10.5 Å². The fourth-order valence-corrected chi connectivity index (χ4v) is 2.99. The van der Waals surface area contributed by atoms with Crippen LogP contribution in [-0.2, 0) is 14.8 Å². The fraction of sp³-hybridized carbons (Fsp3) is 0.273. The van der Waals surface area contributed by atoms with Gasteiger partial charge in [-0.3, -0.25) is 4.79 Å². The summed E-state index contributed by atoms with van der Waals surface area (Å²) in [6.07, 6.45) is 0.0610. The van der Waals surface area contributed by atoms with Crippen molar-refractivity contribution in [2.75, 3.05) is 6.54 Å². The highest BCUT2D eigenvalue weighted by Gasteiger charge is 2.27. The number of halogens is 1. The van der Waals surface area contributed by atoms with E-state index in [1.165, 1.54) is 0 Å². The van der Waals surface area contributed by atoms with Crippen molar-refractivity contribution >= 4 is 15.9 Å². The Kier molecular flexibility index (Phi) is 3.50. The van der Waals surface area contributed by atoms with Crippen molar-refractivity contribution < 1.29 is 17.6 Å². The maximum Gasteiger partial charge on any atom is 0.240 e. The lowest BCUT2D eigenvalue weighted by Gasteiger charge is -2.11. The predicted molar refractivity (Wildman–Crippen MR) is 62.9 cm³/mol. The maximum atomic E-state index is 13.1. The largest absolute Gasteiger partial charge is 0.354 e. The van der Waals surface area contributed by atoms with E-state index in [4.69, 9.17) is 5.26 Å². The normalized spacial score (nSPS) is 18.9. The number of hydrogen-bond donors (Lipinski definition) is 2. The smallest absolute Gasteiger partial charge is 0.240 e. The van der Waals surface area contributed by atoms with Crippen LogP contribution in [0.3, 0.4) is 0 Å². The summed E-state index contributed by atoms with van der Waals surface area (Å²) in [5.41, 5.74) is -0.344. The second kappa shape index (κ2) is 4.95. The van der Waals surface area contributed by atoms with Gasteiger partial charge in [0.2, 0.25) is 15.9 Å². The van der Waals surface area contributed by atoms with Crippen molar-refractivity contribution in [3.63, 3.8) is 0 Å². The van der Waals surface area contributed by atoms with Crippen LogP contribution in [0.2, 0.25) is 0 Å². The lowest BCUT2D eigenvalue weighted by Crippen LogP contribution is -2.36. The van der Waals surface area contributed by atoms with Crippen molar-refractivity contribution in [3.8, 4) is 6.07 Å². The number of carbonyl (C=O) groups is 1. The van der Waals surface area contributed by atoms with E-state index >= 15 is 0 Å². The molecule has 0 bridgehead atoms. The second-order valence-corrected chi connectivity index (χ2v) is 5.79. The zero-order valence-electron chi connectivity index (χ0n) is 9.68. The maximum absolute atomic E-state index is 13.1. The molecule has 1 amide bonds. The standard InChI is InChI=1S/C11H10FN3O3S/c12-10-2-1-9(3-7(10)5-13)19(17,18)15-8-4-11(16)14-6-8/h1-3,8,15H,4,6H2,(H,14,16). The van der Waals surface area contributed by atoms with E-state index in [1.807, 2.05) is 0 Å². The van der Waals surface area contributed by atoms with Crippen molar-refractivity contribution in [1.82, 2.24) is 10.0 Å². The average Bonchev–Trinajstić information content (AvgIpc) is 2.74. The number of carbonyl (C=O) groups excluding carboxylic acids is 1. The fourth-order valence-electron chi connectivity index (χ4n) is 1.73. The molecule has 1 aromatic carbocycles. The van der Waals surface area contributed by atoms with E-state index in [0.717, 1.165) is 18.2 Å². The molecule has 0 saturated carbocycles. The van der Waals surface area contributed by atoms with Gasteiger partial charge in [-0.05, 0) is 18.2 Å². The van der Waals surface area contributed by atoms with Crippen LogP contribution in [0.15, 0.2) is 23.1 Å². The van der Waals surface area contributed by atoms with Gasteiger partial charge in [-0.25, -0.2) is 17.5 Å². The summed E-state index contributed by atoms with van der Waals surface area (Å²) in [5.74, 6) is -1.01. The third-order valence-electron chi connectivity index (χ3n) is 2.67. The molecule has 0 spiro atoms. The molecular formula is C11H10FN3O3S. The van der Waals surface area contributed by atoms with Crippen molar-refractivity contribution in [2.45, 2.75) is 17.4 Å². The number of benzene rings is 1. The first-order chi connectivity index (χ1) is 8.92. The molecule has 2 rings (SSSR count). The summed E-state index contributed by atoms with van der Waals surface area (Å²) in [5, 5.41) is 11.2. The van der Waals surface area contributed by atoms with Gasteiger partial charge in [-0.15, -0.1) is 0 Å². The number of nitrogens with one attached hydrogen (secondary N) is 2. The van der Waals surface area contributed by atoms with Crippen LogP contribution in [0.1, 0.15) is 12.0 Å². The zero-order valence-corrected chi connectivity index (χ0v) is 10.5. The first-order valence-electron chi connectivity index (χ1n) is 5.41. The number of nitriles is 1. The number of amides is 1. The molecule has 8 heteroatoms. The van der Waals surface area contributed by atoms with Crippen LogP contribution in [0, 0.1) is 17.1 Å².